The lowest BCUT2D eigenvalue weighted by Gasteiger charge is -2.32. The summed E-state index contributed by atoms with van der Waals surface area (Å²) in [5.41, 5.74) is 2.04. The van der Waals surface area contributed by atoms with Gasteiger partial charge in [0.15, 0.2) is 0 Å². The molecule has 1 atom stereocenters. The van der Waals surface area contributed by atoms with Gasteiger partial charge in [-0.2, -0.15) is 0 Å². The van der Waals surface area contributed by atoms with Crippen LogP contribution in [-0.2, 0) is 26.2 Å². The van der Waals surface area contributed by atoms with Gasteiger partial charge in [-0.05, 0) is 62.7 Å². The topological polar surface area (TPSA) is 96.0 Å². The summed E-state index contributed by atoms with van der Waals surface area (Å²) in [6.07, 6.45) is 0. The number of likely N-dealkylation sites (N-methyl/N-ethyl adjacent to an activating group) is 1. The number of anilines is 1. The summed E-state index contributed by atoms with van der Waals surface area (Å²) in [5.74, 6) is -0.267. The lowest BCUT2D eigenvalue weighted by atomic mass is 10.1. The molecule has 0 aromatic heterocycles. The minimum atomic E-state index is -4.10. The number of nitrogens with zero attached hydrogens (tertiary/aromatic N) is 2. The first-order valence-corrected chi connectivity index (χ1v) is 13.5. The third-order valence-corrected chi connectivity index (χ3v) is 7.75. The van der Waals surface area contributed by atoms with Crippen molar-refractivity contribution in [2.24, 2.45) is 0 Å². The molecule has 0 aliphatic heterocycles. The van der Waals surface area contributed by atoms with E-state index in [0.717, 1.165) is 15.4 Å². The third-order valence-electron chi connectivity index (χ3n) is 5.96. The second-order valence-corrected chi connectivity index (χ2v) is 10.5. The Balaban J connectivity index is 2.02. The summed E-state index contributed by atoms with van der Waals surface area (Å²) >= 11 is 0. The summed E-state index contributed by atoms with van der Waals surface area (Å²) in [6, 6.07) is 21.4. The van der Waals surface area contributed by atoms with E-state index in [2.05, 4.69) is 5.32 Å². The molecule has 8 nitrogen and oxygen atoms in total. The normalized spacial score (nSPS) is 11.9. The van der Waals surface area contributed by atoms with Crippen LogP contribution in [0.4, 0.5) is 5.69 Å². The van der Waals surface area contributed by atoms with Gasteiger partial charge in [-0.25, -0.2) is 8.42 Å². The molecule has 3 aromatic carbocycles. The Kier molecular flexibility index (Phi) is 9.30. The van der Waals surface area contributed by atoms with Crippen molar-refractivity contribution in [2.45, 2.75) is 38.3 Å². The monoisotopic (exact) mass is 523 g/mol. The Morgan fingerprint density at radius 3 is 2.14 bits per heavy atom. The van der Waals surface area contributed by atoms with Crippen LogP contribution in [0, 0.1) is 6.92 Å². The number of aryl methyl sites for hydroxylation is 1. The van der Waals surface area contributed by atoms with Crippen molar-refractivity contribution in [3.63, 3.8) is 0 Å². The summed E-state index contributed by atoms with van der Waals surface area (Å²) < 4.78 is 33.8. The van der Waals surface area contributed by atoms with Crippen LogP contribution in [0.3, 0.4) is 0 Å². The van der Waals surface area contributed by atoms with Gasteiger partial charge >= 0.3 is 0 Å². The van der Waals surface area contributed by atoms with Crippen LogP contribution in [0.1, 0.15) is 25.0 Å². The number of carbonyl (C=O) groups excluding carboxylic acids is 2. The number of ether oxygens (including phenoxy) is 1. The number of methoxy groups -OCH3 is 1. The van der Waals surface area contributed by atoms with Crippen molar-refractivity contribution < 1.29 is 22.7 Å². The van der Waals surface area contributed by atoms with Crippen molar-refractivity contribution in [2.75, 3.05) is 24.5 Å². The molecular weight excluding hydrogens is 490 g/mol. The van der Waals surface area contributed by atoms with E-state index in [1.807, 2.05) is 37.3 Å². The zero-order valence-corrected chi connectivity index (χ0v) is 22.4. The van der Waals surface area contributed by atoms with Crippen molar-refractivity contribution in [3.05, 3.63) is 90.0 Å². The summed E-state index contributed by atoms with van der Waals surface area (Å²) in [4.78, 5) is 27.9. The number of nitrogens with one attached hydrogen (secondary N) is 1. The zero-order valence-electron chi connectivity index (χ0n) is 21.5. The van der Waals surface area contributed by atoms with Crippen LogP contribution in [-0.4, -0.2) is 51.4 Å². The van der Waals surface area contributed by atoms with Crippen LogP contribution in [0.5, 0.6) is 5.75 Å². The molecule has 196 valence electrons. The standard InChI is InChI=1S/C28H33N3O5S/c1-5-29-28(33)22(3)30(19-23-9-7-6-8-10-23)27(32)20-31(24-13-15-25(36-4)16-14-24)37(34,35)26-17-11-21(2)12-18-26/h6-18,22H,5,19-20H2,1-4H3,(H,29,33). The molecule has 2 amide bonds. The second kappa shape index (κ2) is 12.4. The fourth-order valence-corrected chi connectivity index (χ4v) is 5.21. The lowest BCUT2D eigenvalue weighted by molar-refractivity contribution is -0.139. The Bertz CT molecular complexity index is 1290. The highest BCUT2D eigenvalue weighted by atomic mass is 32.2. The molecule has 0 heterocycles. The molecule has 1 unspecified atom stereocenters. The third kappa shape index (κ3) is 6.89. The van der Waals surface area contributed by atoms with Crippen molar-refractivity contribution >= 4 is 27.5 Å². The molecule has 0 fully saturated rings. The number of hydrogen-bond donors (Lipinski definition) is 1. The highest BCUT2D eigenvalue weighted by Crippen LogP contribution is 2.26. The predicted octanol–water partition coefficient (Wildman–Crippen LogP) is 3.75. The maximum Gasteiger partial charge on any atom is 0.264 e. The summed E-state index contributed by atoms with van der Waals surface area (Å²) in [7, 11) is -2.59. The highest BCUT2D eigenvalue weighted by Gasteiger charge is 2.32. The van der Waals surface area contributed by atoms with Crippen molar-refractivity contribution in [3.8, 4) is 5.75 Å². The molecule has 0 aliphatic carbocycles. The Morgan fingerprint density at radius 2 is 1.57 bits per heavy atom. The summed E-state index contributed by atoms with van der Waals surface area (Å²) in [5, 5.41) is 2.75. The number of hydrogen-bond acceptors (Lipinski definition) is 5. The van der Waals surface area contributed by atoms with E-state index in [-0.39, 0.29) is 17.3 Å². The predicted molar refractivity (Wildman–Crippen MR) is 144 cm³/mol. The molecule has 0 saturated carbocycles. The van der Waals surface area contributed by atoms with E-state index in [1.165, 1.54) is 24.1 Å². The minimum absolute atomic E-state index is 0.0631. The molecule has 3 rings (SSSR count). The number of sulfonamides is 1. The lowest BCUT2D eigenvalue weighted by Crippen LogP contribution is -2.51. The van der Waals surface area contributed by atoms with Crippen molar-refractivity contribution in [1.82, 2.24) is 10.2 Å². The van der Waals surface area contributed by atoms with Gasteiger partial charge in [0.2, 0.25) is 11.8 Å². The molecule has 1 N–H and O–H groups in total. The van der Waals surface area contributed by atoms with Gasteiger partial charge in [-0.3, -0.25) is 13.9 Å². The highest BCUT2D eigenvalue weighted by molar-refractivity contribution is 7.92. The van der Waals surface area contributed by atoms with Crippen LogP contribution in [0.25, 0.3) is 0 Å². The van der Waals surface area contributed by atoms with Gasteiger partial charge < -0.3 is 15.0 Å². The molecule has 0 bridgehead atoms. The van der Waals surface area contributed by atoms with Gasteiger partial charge in [-0.1, -0.05) is 48.0 Å². The molecule has 9 heteroatoms. The zero-order chi connectivity index (χ0) is 27.0. The number of amides is 2. The quantitative estimate of drug-likeness (QED) is 0.413. The van der Waals surface area contributed by atoms with Gasteiger partial charge in [0.25, 0.3) is 10.0 Å². The van der Waals surface area contributed by atoms with Crippen LogP contribution in [0.2, 0.25) is 0 Å². The van der Waals surface area contributed by atoms with E-state index in [4.69, 9.17) is 4.74 Å². The van der Waals surface area contributed by atoms with Crippen LogP contribution in [0.15, 0.2) is 83.8 Å². The maximum atomic E-state index is 13.8. The largest absolute Gasteiger partial charge is 0.497 e. The fourth-order valence-electron chi connectivity index (χ4n) is 3.80. The fraction of sp³-hybridized carbons (Fsp3) is 0.286. The molecular formula is C28H33N3O5S. The average molecular weight is 524 g/mol. The average Bonchev–Trinajstić information content (AvgIpc) is 2.91. The van der Waals surface area contributed by atoms with Gasteiger partial charge in [-0.15, -0.1) is 0 Å². The SMILES string of the molecule is CCNC(=O)C(C)N(Cc1ccccc1)C(=O)CN(c1ccc(OC)cc1)S(=O)(=O)c1ccc(C)cc1. The van der Waals surface area contributed by atoms with E-state index in [1.54, 1.807) is 50.2 Å². The van der Waals surface area contributed by atoms with Crippen LogP contribution >= 0.6 is 0 Å². The molecule has 0 radical (unpaired) electrons. The van der Waals surface area contributed by atoms with Gasteiger partial charge in [0, 0.05) is 13.1 Å². The summed E-state index contributed by atoms with van der Waals surface area (Å²) in [6.45, 7) is 5.38. The van der Waals surface area contributed by atoms with E-state index < -0.39 is 28.5 Å². The first-order chi connectivity index (χ1) is 17.7. The van der Waals surface area contributed by atoms with E-state index in [9.17, 15) is 18.0 Å². The Morgan fingerprint density at radius 1 is 0.946 bits per heavy atom. The van der Waals surface area contributed by atoms with Gasteiger partial charge in [0.1, 0.15) is 18.3 Å². The van der Waals surface area contributed by atoms with Crippen molar-refractivity contribution in [1.29, 1.82) is 0 Å². The number of benzene rings is 3. The number of rotatable bonds is 11. The molecule has 37 heavy (non-hydrogen) atoms. The number of carbonyl (C=O) groups is 2. The van der Waals surface area contributed by atoms with E-state index >= 15 is 0 Å². The first-order valence-electron chi connectivity index (χ1n) is 12.0. The van der Waals surface area contributed by atoms with Gasteiger partial charge in [0.05, 0.1) is 17.7 Å². The molecule has 0 saturated heterocycles. The van der Waals surface area contributed by atoms with E-state index in [0.29, 0.717) is 18.0 Å². The Labute approximate surface area is 218 Å². The molecule has 0 aliphatic rings. The smallest absolute Gasteiger partial charge is 0.264 e. The molecule has 3 aromatic rings. The molecule has 0 spiro atoms. The first kappa shape index (κ1) is 27.7. The Hall–Kier alpha value is -3.85. The van der Waals surface area contributed by atoms with Crippen LogP contribution < -0.4 is 14.4 Å². The maximum absolute atomic E-state index is 13.8. The minimum Gasteiger partial charge on any atom is -0.497 e. The second-order valence-electron chi connectivity index (χ2n) is 8.60.